The molecule has 0 aromatic carbocycles. The van der Waals surface area contributed by atoms with Gasteiger partial charge in [0.25, 0.3) is 0 Å². The van der Waals surface area contributed by atoms with Crippen molar-refractivity contribution in [3.8, 4) is 0 Å². The fourth-order valence-corrected chi connectivity index (χ4v) is 3.97. The second-order valence-electron chi connectivity index (χ2n) is 7.61. The van der Waals surface area contributed by atoms with E-state index in [0.717, 1.165) is 37.6 Å². The zero-order valence-corrected chi connectivity index (χ0v) is 12.6. The maximum atomic E-state index is 12.6. The molecule has 0 aromatic rings. The molecule has 1 amide bonds. The molecule has 3 heteroatoms. The number of hydrogen-bond donors (Lipinski definition) is 1. The first-order valence-electron chi connectivity index (χ1n) is 8.09. The number of carbonyl (C=O) groups excluding carboxylic acids is 1. The minimum atomic E-state index is -0.135. The van der Waals surface area contributed by atoms with Gasteiger partial charge < -0.3 is 4.90 Å². The van der Waals surface area contributed by atoms with E-state index in [1.54, 1.807) is 0 Å². The monoisotopic (exact) mass is 264 g/mol. The van der Waals surface area contributed by atoms with Crippen LogP contribution in [-0.2, 0) is 4.79 Å². The quantitative estimate of drug-likeness (QED) is 0.847. The summed E-state index contributed by atoms with van der Waals surface area (Å²) in [6, 6.07) is 0. The third-order valence-electron chi connectivity index (χ3n) is 5.19. The second-order valence-corrected chi connectivity index (χ2v) is 7.61. The van der Waals surface area contributed by atoms with Crippen LogP contribution in [0.2, 0.25) is 0 Å². The molecule has 1 N–H and O–H groups in total. The topological polar surface area (TPSA) is 32.3 Å². The van der Waals surface area contributed by atoms with E-state index in [1.807, 2.05) is 0 Å². The van der Waals surface area contributed by atoms with Crippen molar-refractivity contribution in [2.45, 2.75) is 71.0 Å². The zero-order chi connectivity index (χ0) is 13.6. The van der Waals surface area contributed by atoms with Crippen molar-refractivity contribution in [2.24, 2.45) is 17.8 Å². The Morgan fingerprint density at radius 2 is 2.11 bits per heavy atom. The van der Waals surface area contributed by atoms with E-state index in [-0.39, 0.29) is 5.54 Å². The van der Waals surface area contributed by atoms with E-state index in [2.05, 4.69) is 31.0 Å². The molecule has 1 spiro atoms. The molecule has 0 radical (unpaired) electrons. The molecule has 1 saturated heterocycles. The lowest BCUT2D eigenvalue weighted by molar-refractivity contribution is -0.131. The maximum Gasteiger partial charge on any atom is 0.244 e. The summed E-state index contributed by atoms with van der Waals surface area (Å²) in [7, 11) is 0. The maximum absolute atomic E-state index is 12.6. The molecule has 0 aromatic heterocycles. The first kappa shape index (κ1) is 13.4. The molecule has 3 unspecified atom stereocenters. The van der Waals surface area contributed by atoms with Crippen LogP contribution in [0.1, 0.15) is 59.3 Å². The minimum Gasteiger partial charge on any atom is -0.325 e. The summed E-state index contributed by atoms with van der Waals surface area (Å²) in [5.74, 6) is 2.64. The Labute approximate surface area is 117 Å². The van der Waals surface area contributed by atoms with Gasteiger partial charge in [0.2, 0.25) is 5.91 Å². The molecule has 19 heavy (non-hydrogen) atoms. The average molecular weight is 264 g/mol. The van der Waals surface area contributed by atoms with Gasteiger partial charge in [-0.3, -0.25) is 10.1 Å². The van der Waals surface area contributed by atoms with Crippen LogP contribution in [0.3, 0.4) is 0 Å². The third-order valence-corrected chi connectivity index (χ3v) is 5.19. The highest BCUT2D eigenvalue weighted by molar-refractivity contribution is 5.91. The van der Waals surface area contributed by atoms with Crippen LogP contribution in [0.25, 0.3) is 0 Å². The smallest absolute Gasteiger partial charge is 0.244 e. The average Bonchev–Trinajstić information content (AvgIpc) is 2.93. The summed E-state index contributed by atoms with van der Waals surface area (Å²) in [5.41, 5.74) is -0.135. The fraction of sp³-hybridized carbons (Fsp3) is 0.938. The van der Waals surface area contributed by atoms with Crippen molar-refractivity contribution in [3.05, 3.63) is 0 Å². The standard InChI is InChI=1S/C16H28N2O/c1-11(2)8-14-17-16(6-7-16)15(19)18(14)10-13-5-4-12(3)9-13/h11-14,17H,4-10H2,1-3H3. The van der Waals surface area contributed by atoms with E-state index in [4.69, 9.17) is 0 Å². The molecule has 3 atom stereocenters. The van der Waals surface area contributed by atoms with Crippen LogP contribution in [-0.4, -0.2) is 29.1 Å². The molecule has 1 heterocycles. The van der Waals surface area contributed by atoms with Gasteiger partial charge >= 0.3 is 0 Å². The van der Waals surface area contributed by atoms with Crippen molar-refractivity contribution in [2.75, 3.05) is 6.54 Å². The van der Waals surface area contributed by atoms with E-state index in [1.165, 1.54) is 19.3 Å². The van der Waals surface area contributed by atoms with Gasteiger partial charge in [0.1, 0.15) is 0 Å². The molecule has 3 fully saturated rings. The van der Waals surface area contributed by atoms with Crippen LogP contribution < -0.4 is 5.32 Å². The molecule has 3 aliphatic rings. The van der Waals surface area contributed by atoms with Crippen LogP contribution in [0.5, 0.6) is 0 Å². The summed E-state index contributed by atoms with van der Waals surface area (Å²) >= 11 is 0. The molecule has 2 aliphatic carbocycles. The first-order chi connectivity index (χ1) is 9.00. The van der Waals surface area contributed by atoms with Gasteiger partial charge in [0.15, 0.2) is 0 Å². The van der Waals surface area contributed by atoms with Crippen LogP contribution in [0, 0.1) is 17.8 Å². The van der Waals surface area contributed by atoms with E-state index < -0.39 is 0 Å². The second kappa shape index (κ2) is 4.76. The van der Waals surface area contributed by atoms with Crippen molar-refractivity contribution in [1.82, 2.24) is 10.2 Å². The summed E-state index contributed by atoms with van der Waals surface area (Å²) in [5, 5.41) is 3.63. The van der Waals surface area contributed by atoms with Crippen molar-refractivity contribution in [1.29, 1.82) is 0 Å². The van der Waals surface area contributed by atoms with E-state index >= 15 is 0 Å². The van der Waals surface area contributed by atoms with Gasteiger partial charge in [0.05, 0.1) is 11.7 Å². The molecule has 3 nitrogen and oxygen atoms in total. The molecule has 0 bridgehead atoms. The number of hydrogen-bond acceptors (Lipinski definition) is 2. The fourth-order valence-electron chi connectivity index (χ4n) is 3.97. The molecule has 108 valence electrons. The Bertz CT molecular complexity index is 362. The number of nitrogens with zero attached hydrogens (tertiary/aromatic N) is 1. The summed E-state index contributed by atoms with van der Waals surface area (Å²) in [6.45, 7) is 7.84. The number of amides is 1. The number of rotatable bonds is 4. The Kier molecular flexibility index (Phi) is 3.36. The molecular weight excluding hydrogens is 236 g/mol. The van der Waals surface area contributed by atoms with E-state index in [0.29, 0.717) is 18.0 Å². The Balaban J connectivity index is 1.67. The van der Waals surface area contributed by atoms with Crippen LogP contribution in [0.4, 0.5) is 0 Å². The highest BCUT2D eigenvalue weighted by atomic mass is 16.2. The lowest BCUT2D eigenvalue weighted by Crippen LogP contribution is -2.41. The largest absolute Gasteiger partial charge is 0.325 e. The summed E-state index contributed by atoms with van der Waals surface area (Å²) < 4.78 is 0. The van der Waals surface area contributed by atoms with E-state index in [9.17, 15) is 4.79 Å². The van der Waals surface area contributed by atoms with Gasteiger partial charge in [-0.25, -0.2) is 0 Å². The van der Waals surface area contributed by atoms with Gasteiger partial charge in [-0.05, 0) is 49.9 Å². The molecule has 2 saturated carbocycles. The highest BCUT2D eigenvalue weighted by Gasteiger charge is 2.59. The number of carbonyl (C=O) groups is 1. The zero-order valence-electron chi connectivity index (χ0n) is 12.6. The van der Waals surface area contributed by atoms with Crippen molar-refractivity contribution in [3.63, 3.8) is 0 Å². The molecular formula is C16H28N2O. The van der Waals surface area contributed by atoms with Crippen molar-refractivity contribution >= 4 is 5.91 Å². The lowest BCUT2D eigenvalue weighted by atomic mass is 10.0. The minimum absolute atomic E-state index is 0.135. The van der Waals surface area contributed by atoms with Gasteiger partial charge in [0, 0.05) is 6.54 Å². The first-order valence-corrected chi connectivity index (χ1v) is 8.09. The predicted octanol–water partition coefficient (Wildman–Crippen LogP) is 2.76. The molecule has 1 aliphatic heterocycles. The van der Waals surface area contributed by atoms with Crippen molar-refractivity contribution < 1.29 is 4.79 Å². The Morgan fingerprint density at radius 1 is 1.37 bits per heavy atom. The summed E-state index contributed by atoms with van der Waals surface area (Å²) in [4.78, 5) is 14.8. The normalized spacial score (nSPS) is 36.7. The predicted molar refractivity (Wildman–Crippen MR) is 76.6 cm³/mol. The Hall–Kier alpha value is -0.570. The van der Waals surface area contributed by atoms with Gasteiger partial charge in [-0.2, -0.15) is 0 Å². The SMILES string of the molecule is CC(C)CC1NC2(CC2)C(=O)N1CC1CCC(C)C1. The third kappa shape index (κ3) is 2.54. The Morgan fingerprint density at radius 3 is 2.63 bits per heavy atom. The highest BCUT2D eigenvalue weighted by Crippen LogP contribution is 2.44. The molecule has 3 rings (SSSR count). The van der Waals surface area contributed by atoms with Crippen LogP contribution in [0.15, 0.2) is 0 Å². The van der Waals surface area contributed by atoms with Gasteiger partial charge in [-0.1, -0.05) is 27.2 Å². The lowest BCUT2D eigenvalue weighted by Gasteiger charge is -2.28. The summed E-state index contributed by atoms with van der Waals surface area (Å²) in [6.07, 6.45) is 7.47. The number of nitrogens with one attached hydrogen (secondary N) is 1. The van der Waals surface area contributed by atoms with Crippen LogP contribution >= 0.6 is 0 Å². The van der Waals surface area contributed by atoms with Gasteiger partial charge in [-0.15, -0.1) is 0 Å².